The molecule has 0 amide bonds. The molecule has 86 heavy (non-hydrogen) atoms. The number of hydrogen-bond acceptors (Lipinski definition) is 26. The van der Waals surface area contributed by atoms with Crippen LogP contribution < -0.4 is 29.9 Å². The number of benzene rings is 5. The zero-order valence-corrected chi connectivity index (χ0v) is 51.9. The van der Waals surface area contributed by atoms with Crippen molar-refractivity contribution in [3.8, 4) is 46.2 Å². The molecule has 32 heteroatoms. The van der Waals surface area contributed by atoms with E-state index in [1.54, 1.807) is 42.5 Å². The van der Waals surface area contributed by atoms with Gasteiger partial charge < -0.3 is 29.9 Å². The maximum absolute atomic E-state index is 12.2. The van der Waals surface area contributed by atoms with Crippen LogP contribution in [0.15, 0.2) is 125 Å². The van der Waals surface area contributed by atoms with Crippen LogP contribution in [0.1, 0.15) is 55.5 Å². The summed E-state index contributed by atoms with van der Waals surface area (Å²) in [5.41, 5.74) is 3.86. The standard InChI is InChI=1S/C54H53N15O11S6/c1-9-68(10-2)42-23-38(40(25-44(42)79-7)62-64-50-36(27-55)48(66-82-50)33-18-16-30(5)46(21-33)85(73,74)75)57-52-59-53(61-54(60-52)81-29-32-14-13-15-35(20-32)84(70,71)72)58-39-24-43(69(11-3)12-4)45(80-8)26-41(39)63-65-51-37(28-56)49(67-83-51)34-19-17-31(6)47(22-34)86(76,77)78/h13-26H,9-12,29H2,1-8H3,(H,70,71,72)(H,73,74,75)(H,76,77,78)(H2,57,58,59,60,61). The molecule has 0 spiro atoms. The summed E-state index contributed by atoms with van der Waals surface area (Å²) in [4.78, 5) is 17.4. The number of aromatic nitrogens is 5. The quantitative estimate of drug-likeness (QED) is 0.0213. The molecule has 0 bridgehead atoms. The van der Waals surface area contributed by atoms with Gasteiger partial charge in [-0.15, -0.1) is 20.5 Å². The van der Waals surface area contributed by atoms with Gasteiger partial charge in [-0.05, 0) is 118 Å². The summed E-state index contributed by atoms with van der Waals surface area (Å²) in [5, 5.41) is 45.7. The molecule has 446 valence electrons. The Balaban J connectivity index is 1.26. The first-order chi connectivity index (χ1) is 40.9. The van der Waals surface area contributed by atoms with Gasteiger partial charge in [0.15, 0.2) is 15.2 Å². The maximum atomic E-state index is 12.2. The molecule has 0 aliphatic heterocycles. The van der Waals surface area contributed by atoms with Crippen molar-refractivity contribution in [1.29, 1.82) is 10.5 Å². The molecule has 0 radical (unpaired) electrons. The Morgan fingerprint density at radius 1 is 0.593 bits per heavy atom. The number of aryl methyl sites for hydroxylation is 2. The van der Waals surface area contributed by atoms with Gasteiger partial charge in [0.1, 0.15) is 57.5 Å². The van der Waals surface area contributed by atoms with E-state index in [0.717, 1.165) is 34.8 Å². The van der Waals surface area contributed by atoms with Crippen LogP contribution in [0.4, 0.5) is 56.0 Å². The van der Waals surface area contributed by atoms with Crippen molar-refractivity contribution in [3.63, 3.8) is 0 Å². The Morgan fingerprint density at radius 2 is 1.03 bits per heavy atom. The van der Waals surface area contributed by atoms with Crippen LogP contribution in [-0.2, 0) is 36.1 Å². The minimum Gasteiger partial charge on any atom is -0.494 e. The normalized spacial score (nSPS) is 11.9. The smallest absolute Gasteiger partial charge is 0.294 e. The van der Waals surface area contributed by atoms with Crippen molar-refractivity contribution in [2.45, 2.75) is 67.1 Å². The molecule has 0 saturated heterocycles. The number of rotatable bonds is 24. The monoisotopic (exact) mass is 1280 g/mol. The van der Waals surface area contributed by atoms with Crippen LogP contribution in [0.2, 0.25) is 0 Å². The lowest BCUT2D eigenvalue weighted by atomic mass is 10.1. The van der Waals surface area contributed by atoms with Gasteiger partial charge in [0.25, 0.3) is 30.4 Å². The van der Waals surface area contributed by atoms with Crippen LogP contribution in [-0.4, -0.2) is 103 Å². The molecule has 0 fully saturated rings. The highest BCUT2D eigenvalue weighted by Crippen LogP contribution is 2.45. The van der Waals surface area contributed by atoms with Gasteiger partial charge in [-0.25, -0.2) is 0 Å². The Labute approximate surface area is 508 Å². The fourth-order valence-electron chi connectivity index (χ4n) is 8.69. The van der Waals surface area contributed by atoms with E-state index in [1.807, 2.05) is 37.5 Å². The van der Waals surface area contributed by atoms with Crippen molar-refractivity contribution in [3.05, 3.63) is 113 Å². The van der Waals surface area contributed by atoms with Gasteiger partial charge in [0, 0.05) is 55.2 Å². The minimum atomic E-state index is -4.62. The van der Waals surface area contributed by atoms with E-state index >= 15 is 0 Å². The van der Waals surface area contributed by atoms with Crippen LogP contribution in [0.3, 0.4) is 0 Å². The van der Waals surface area contributed by atoms with Gasteiger partial charge in [-0.3, -0.25) is 13.7 Å². The van der Waals surface area contributed by atoms with Gasteiger partial charge in [0.05, 0.1) is 51.7 Å². The summed E-state index contributed by atoms with van der Waals surface area (Å²) in [6.45, 7) is 13.1. The fraction of sp³-hybridized carbons (Fsp3) is 0.241. The molecule has 5 N–H and O–H groups in total. The van der Waals surface area contributed by atoms with Gasteiger partial charge in [0.2, 0.25) is 11.9 Å². The largest absolute Gasteiger partial charge is 0.494 e. The van der Waals surface area contributed by atoms with Crippen molar-refractivity contribution in [2.75, 3.05) is 60.8 Å². The lowest BCUT2D eigenvalue weighted by Crippen LogP contribution is -2.22. The van der Waals surface area contributed by atoms with Gasteiger partial charge in [-0.2, -0.15) is 59.5 Å². The van der Waals surface area contributed by atoms with E-state index in [1.165, 1.54) is 70.5 Å². The second kappa shape index (κ2) is 26.8. The first-order valence-electron chi connectivity index (χ1n) is 25.7. The van der Waals surface area contributed by atoms with Crippen molar-refractivity contribution in [1.82, 2.24) is 23.7 Å². The van der Waals surface area contributed by atoms with Crippen LogP contribution in [0.25, 0.3) is 22.5 Å². The molecule has 26 nitrogen and oxygen atoms in total. The number of methoxy groups -OCH3 is 2. The van der Waals surface area contributed by atoms with Crippen molar-refractivity contribution >= 4 is 121 Å². The van der Waals surface area contributed by atoms with Gasteiger partial charge in [-0.1, -0.05) is 48.2 Å². The number of azo groups is 2. The third-order valence-corrected chi connectivity index (χ3v) is 18.2. The zero-order chi connectivity index (χ0) is 62.3. The van der Waals surface area contributed by atoms with E-state index in [4.69, 9.17) is 24.4 Å². The highest BCUT2D eigenvalue weighted by atomic mass is 32.2. The summed E-state index contributed by atoms with van der Waals surface area (Å²) in [6.07, 6.45) is 0. The Morgan fingerprint density at radius 3 is 1.42 bits per heavy atom. The van der Waals surface area contributed by atoms with Crippen LogP contribution in [0.5, 0.6) is 11.5 Å². The highest BCUT2D eigenvalue weighted by molar-refractivity contribution is 7.98. The van der Waals surface area contributed by atoms with Gasteiger partial charge >= 0.3 is 0 Å². The van der Waals surface area contributed by atoms with E-state index in [9.17, 15) is 49.4 Å². The number of thioether (sulfide) groups is 1. The zero-order valence-electron chi connectivity index (χ0n) is 47.0. The predicted octanol–water partition coefficient (Wildman–Crippen LogP) is 12.5. The molecule has 0 unspecified atom stereocenters. The van der Waals surface area contributed by atoms with E-state index < -0.39 is 30.4 Å². The fourth-order valence-corrected chi connectivity index (χ4v) is 12.9. The molecule has 8 rings (SSSR count). The number of nitrogens with one attached hydrogen (secondary N) is 2. The number of hydrogen-bond donors (Lipinski definition) is 5. The molecule has 0 atom stereocenters. The summed E-state index contributed by atoms with van der Waals surface area (Å²) in [6, 6.07) is 25.2. The third-order valence-electron chi connectivity index (χ3n) is 13.0. The predicted molar refractivity (Wildman–Crippen MR) is 327 cm³/mol. The molecular weight excluding hydrogens is 1230 g/mol. The summed E-state index contributed by atoms with van der Waals surface area (Å²) >= 11 is 2.75. The van der Waals surface area contributed by atoms with Crippen molar-refractivity contribution in [2.24, 2.45) is 20.5 Å². The third kappa shape index (κ3) is 14.4. The lowest BCUT2D eigenvalue weighted by Gasteiger charge is -2.25. The second-order valence-electron chi connectivity index (χ2n) is 18.3. The Hall–Kier alpha value is -8.57. The second-order valence-corrected chi connectivity index (χ2v) is 25.0. The molecule has 3 aromatic heterocycles. The minimum absolute atomic E-state index is 0.0230. The molecule has 0 saturated carbocycles. The molecular formula is C54H53N15O11S6. The number of nitrogens with zero attached hydrogens (tertiary/aromatic N) is 13. The molecule has 0 aliphatic carbocycles. The first-order valence-corrected chi connectivity index (χ1v) is 32.5. The number of nitriles is 2. The Kier molecular flexibility index (Phi) is 19.8. The SMILES string of the molecule is CCN(CC)c1cc(Nc2nc(Nc3cc(N(CC)CC)c(OC)cc3N=Nc3snc(-c4ccc(C)c(S(=O)(=O)O)c4)c3C#N)nc(SCc3cccc(S(=O)(=O)O)c3)n2)c(N=Nc2snc(-c3ccc(C)c(S(=O)(=O)O)c3)c2C#N)cc1OC. The van der Waals surface area contributed by atoms with Crippen molar-refractivity contribution < 1.29 is 48.4 Å². The molecule has 5 aromatic carbocycles. The summed E-state index contributed by atoms with van der Waals surface area (Å²) in [7, 11) is -10.8. The summed E-state index contributed by atoms with van der Waals surface area (Å²) in [5.74, 6) is 0.797. The maximum Gasteiger partial charge on any atom is 0.294 e. The topological polar surface area (TPSA) is 374 Å². The summed E-state index contributed by atoms with van der Waals surface area (Å²) < 4.78 is 123. The first kappa shape index (κ1) is 63.5. The van der Waals surface area contributed by atoms with E-state index in [-0.39, 0.29) is 115 Å². The highest BCUT2D eigenvalue weighted by Gasteiger charge is 2.25. The lowest BCUT2D eigenvalue weighted by molar-refractivity contribution is 0.414. The molecule has 8 aromatic rings. The Bertz CT molecular complexity index is 4170. The van der Waals surface area contributed by atoms with Crippen LogP contribution >= 0.6 is 34.8 Å². The average molecular weight is 1280 g/mol. The van der Waals surface area contributed by atoms with Crippen LogP contribution in [0, 0.1) is 36.5 Å². The molecule has 0 aliphatic rings. The van der Waals surface area contributed by atoms with E-state index in [2.05, 4.69) is 52.0 Å². The molecule has 3 heterocycles. The number of ether oxygens (including phenoxy) is 2. The average Bonchev–Trinajstić information content (AvgIpc) is 1.77. The van der Waals surface area contributed by atoms with E-state index in [0.29, 0.717) is 54.6 Å². The number of anilines is 6.